The van der Waals surface area contributed by atoms with E-state index in [2.05, 4.69) is 12.1 Å². The van der Waals surface area contributed by atoms with Gasteiger partial charge in [0.25, 0.3) is 0 Å². The quantitative estimate of drug-likeness (QED) is 0.626. The Morgan fingerprint density at radius 3 is 2.59 bits per heavy atom. The van der Waals surface area contributed by atoms with Crippen molar-refractivity contribution < 1.29 is 0 Å². The van der Waals surface area contributed by atoms with Crippen LogP contribution in [0.2, 0.25) is 0 Å². The van der Waals surface area contributed by atoms with Crippen molar-refractivity contribution in [2.24, 2.45) is 0 Å². The minimum Gasteiger partial charge on any atom is -0.308 e. The minimum absolute atomic E-state index is 0.524. The highest BCUT2D eigenvalue weighted by atomic mass is 15.2. The number of allylic oxidation sites excluding steroid dienone is 9. The maximum atomic E-state index is 9.13. The molecule has 0 saturated carbocycles. The van der Waals surface area contributed by atoms with Crippen LogP contribution in [0.3, 0.4) is 0 Å². The molecule has 3 aliphatic heterocycles. The van der Waals surface area contributed by atoms with E-state index in [-0.39, 0.29) is 0 Å². The van der Waals surface area contributed by atoms with Gasteiger partial charge < -0.3 is 4.90 Å². The van der Waals surface area contributed by atoms with Crippen molar-refractivity contribution in [1.82, 2.24) is 4.90 Å². The van der Waals surface area contributed by atoms with E-state index in [9.17, 15) is 0 Å². The van der Waals surface area contributed by atoms with Crippen molar-refractivity contribution in [1.29, 1.82) is 10.5 Å². The van der Waals surface area contributed by atoms with Gasteiger partial charge in [-0.1, -0.05) is 12.2 Å². The van der Waals surface area contributed by atoms with Gasteiger partial charge in [0.15, 0.2) is 0 Å². The molecular formula is C14H7N3. The number of hydrogen-bond donors (Lipinski definition) is 0. The molecule has 0 unspecified atom stereocenters. The van der Waals surface area contributed by atoms with Crippen molar-refractivity contribution >= 4 is 0 Å². The van der Waals surface area contributed by atoms with Crippen LogP contribution in [0.5, 0.6) is 0 Å². The molecule has 3 rings (SSSR count). The number of hydrogen-bond acceptors (Lipinski definition) is 3. The average molecular weight is 217 g/mol. The molecule has 0 spiro atoms. The fraction of sp³-hybridized carbons (Fsp3) is 0. The molecule has 17 heavy (non-hydrogen) atoms. The second-order valence-electron chi connectivity index (χ2n) is 3.78. The van der Waals surface area contributed by atoms with Crippen molar-refractivity contribution in [3.63, 3.8) is 0 Å². The first-order valence-electron chi connectivity index (χ1n) is 5.18. The summed E-state index contributed by atoms with van der Waals surface area (Å²) in [5.74, 6) is 0. The van der Waals surface area contributed by atoms with Gasteiger partial charge >= 0.3 is 0 Å². The van der Waals surface area contributed by atoms with Crippen LogP contribution in [0.4, 0.5) is 0 Å². The van der Waals surface area contributed by atoms with Crippen LogP contribution in [0.15, 0.2) is 70.8 Å². The monoisotopic (exact) mass is 217 g/mol. The van der Waals surface area contributed by atoms with Gasteiger partial charge in [0, 0.05) is 5.70 Å². The molecule has 0 aliphatic carbocycles. The van der Waals surface area contributed by atoms with E-state index in [4.69, 9.17) is 10.5 Å². The Hall–Kier alpha value is -2.78. The van der Waals surface area contributed by atoms with Crippen LogP contribution >= 0.6 is 0 Å². The second kappa shape index (κ2) is 3.37. The van der Waals surface area contributed by atoms with E-state index in [0.29, 0.717) is 11.1 Å². The molecule has 0 radical (unpaired) electrons. The van der Waals surface area contributed by atoms with Crippen molar-refractivity contribution in [3.05, 3.63) is 70.8 Å². The van der Waals surface area contributed by atoms with Crippen LogP contribution in [0.25, 0.3) is 0 Å². The number of nitrogens with zero attached hydrogens (tertiary/aromatic N) is 3. The summed E-state index contributed by atoms with van der Waals surface area (Å²) in [4.78, 5) is 1.94. The zero-order chi connectivity index (χ0) is 11.8. The summed E-state index contributed by atoms with van der Waals surface area (Å²) >= 11 is 0. The first-order valence-corrected chi connectivity index (χ1v) is 5.18. The SMILES string of the molecule is N#CC1=CC(C#N)=C2C=CC=C3C=CC=C1N32. The van der Waals surface area contributed by atoms with E-state index >= 15 is 0 Å². The molecule has 3 nitrogen and oxygen atoms in total. The van der Waals surface area contributed by atoms with Gasteiger partial charge in [0.2, 0.25) is 0 Å². The van der Waals surface area contributed by atoms with Crippen LogP contribution in [-0.2, 0) is 0 Å². The lowest BCUT2D eigenvalue weighted by molar-refractivity contribution is 0.553. The molecule has 0 bridgehead atoms. The third kappa shape index (κ3) is 1.20. The first-order chi connectivity index (χ1) is 8.35. The summed E-state index contributed by atoms with van der Waals surface area (Å²) in [6, 6.07) is 4.27. The van der Waals surface area contributed by atoms with Gasteiger partial charge in [-0.3, -0.25) is 0 Å². The third-order valence-corrected chi connectivity index (χ3v) is 2.86. The van der Waals surface area contributed by atoms with Gasteiger partial charge in [-0.2, -0.15) is 10.5 Å². The summed E-state index contributed by atoms with van der Waals surface area (Å²) in [7, 11) is 0. The molecule has 3 heterocycles. The lowest BCUT2D eigenvalue weighted by atomic mass is 9.95. The lowest BCUT2D eigenvalue weighted by Crippen LogP contribution is -2.27. The van der Waals surface area contributed by atoms with E-state index in [1.54, 1.807) is 6.08 Å². The highest BCUT2D eigenvalue weighted by Crippen LogP contribution is 2.37. The predicted molar refractivity (Wildman–Crippen MR) is 62.6 cm³/mol. The van der Waals surface area contributed by atoms with Crippen LogP contribution < -0.4 is 0 Å². The van der Waals surface area contributed by atoms with E-state index in [0.717, 1.165) is 17.1 Å². The third-order valence-electron chi connectivity index (χ3n) is 2.86. The lowest BCUT2D eigenvalue weighted by Gasteiger charge is -2.35. The van der Waals surface area contributed by atoms with Gasteiger partial charge in [-0.05, 0) is 30.4 Å². The Morgan fingerprint density at radius 2 is 1.82 bits per heavy atom. The number of rotatable bonds is 0. The fourth-order valence-electron chi connectivity index (χ4n) is 2.13. The Bertz CT molecular complexity index is 667. The summed E-state index contributed by atoms with van der Waals surface area (Å²) in [6.45, 7) is 0. The molecule has 0 aromatic heterocycles. The van der Waals surface area contributed by atoms with E-state index in [1.807, 2.05) is 41.4 Å². The number of nitriles is 2. The second-order valence-corrected chi connectivity index (χ2v) is 3.78. The van der Waals surface area contributed by atoms with Gasteiger partial charge in [0.1, 0.15) is 12.1 Å². The van der Waals surface area contributed by atoms with Gasteiger partial charge in [0.05, 0.1) is 22.5 Å². The molecule has 0 aromatic carbocycles. The highest BCUT2D eigenvalue weighted by Gasteiger charge is 2.28. The van der Waals surface area contributed by atoms with Crippen molar-refractivity contribution in [2.75, 3.05) is 0 Å². The maximum absolute atomic E-state index is 9.13. The zero-order valence-electron chi connectivity index (χ0n) is 8.88. The molecule has 0 amide bonds. The standard InChI is InChI=1S/C14H7N3/c15-8-10-7-11(9-16)14-6-2-4-12-3-1-5-13(10)17(12)14/h1-7H. The maximum Gasteiger partial charge on any atom is 0.101 e. The molecule has 0 atom stereocenters. The molecule has 78 valence electrons. The van der Waals surface area contributed by atoms with Crippen LogP contribution in [0, 0.1) is 22.7 Å². The molecule has 0 fully saturated rings. The van der Waals surface area contributed by atoms with Crippen molar-refractivity contribution in [2.45, 2.75) is 0 Å². The van der Waals surface area contributed by atoms with Crippen molar-refractivity contribution in [3.8, 4) is 12.1 Å². The Morgan fingerprint density at radius 1 is 1.00 bits per heavy atom. The molecule has 3 aliphatic rings. The predicted octanol–water partition coefficient (Wildman–Crippen LogP) is 2.44. The molecular weight excluding hydrogens is 210 g/mol. The van der Waals surface area contributed by atoms with E-state index in [1.165, 1.54) is 0 Å². The summed E-state index contributed by atoms with van der Waals surface area (Å²) in [6.07, 6.45) is 13.2. The topological polar surface area (TPSA) is 50.8 Å². The Balaban J connectivity index is 2.32. The van der Waals surface area contributed by atoms with E-state index < -0.39 is 0 Å². The smallest absolute Gasteiger partial charge is 0.101 e. The Labute approximate surface area is 98.9 Å². The Kier molecular flexibility index (Phi) is 1.87. The van der Waals surface area contributed by atoms with Gasteiger partial charge in [-0.15, -0.1) is 0 Å². The fourth-order valence-corrected chi connectivity index (χ4v) is 2.13. The molecule has 3 heteroatoms. The minimum atomic E-state index is 0.524. The largest absolute Gasteiger partial charge is 0.308 e. The first kappa shape index (κ1) is 9.45. The van der Waals surface area contributed by atoms with Gasteiger partial charge in [-0.25, -0.2) is 0 Å². The average Bonchev–Trinajstić information content (AvgIpc) is 2.40. The molecule has 0 saturated heterocycles. The summed E-state index contributed by atoms with van der Waals surface area (Å²) in [5, 5.41) is 18.3. The van der Waals surface area contributed by atoms with Crippen LogP contribution in [-0.4, -0.2) is 4.90 Å². The zero-order valence-corrected chi connectivity index (χ0v) is 8.88. The van der Waals surface area contributed by atoms with Crippen LogP contribution in [0.1, 0.15) is 0 Å². The molecule has 0 aromatic rings. The summed E-state index contributed by atoms with van der Waals surface area (Å²) < 4.78 is 0. The normalized spacial score (nSPS) is 19.9. The molecule has 0 N–H and O–H groups in total. The highest BCUT2D eigenvalue weighted by molar-refractivity contribution is 5.63. The summed E-state index contributed by atoms with van der Waals surface area (Å²) in [5.41, 5.74) is 3.69.